The van der Waals surface area contributed by atoms with Gasteiger partial charge in [-0.25, -0.2) is 0 Å². The lowest BCUT2D eigenvalue weighted by atomic mass is 10.1. The molecule has 1 fully saturated rings. The van der Waals surface area contributed by atoms with Gasteiger partial charge in [0.25, 0.3) is 5.91 Å². The Labute approximate surface area is 122 Å². The lowest BCUT2D eigenvalue weighted by Crippen LogP contribution is -2.39. The molecule has 2 rings (SSSR count). The van der Waals surface area contributed by atoms with Gasteiger partial charge in [-0.05, 0) is 31.0 Å². The molecule has 4 nitrogen and oxygen atoms in total. The van der Waals surface area contributed by atoms with Crippen molar-refractivity contribution in [2.75, 3.05) is 13.1 Å². The van der Waals surface area contributed by atoms with Crippen LogP contribution in [0.1, 0.15) is 23.2 Å². The van der Waals surface area contributed by atoms with E-state index in [1.54, 1.807) is 11.0 Å². The van der Waals surface area contributed by atoms with Gasteiger partial charge in [0.15, 0.2) is 0 Å². The molecule has 0 aromatic heterocycles. The molecule has 1 aliphatic rings. The quantitative estimate of drug-likeness (QED) is 0.928. The Morgan fingerprint density at radius 3 is 2.90 bits per heavy atom. The normalized spacial score (nSPS) is 18.0. The molecule has 1 aromatic carbocycles. The number of nitrogens with two attached hydrogens (primary N) is 1. The Hall–Kier alpha value is -1.40. The maximum absolute atomic E-state index is 12.3. The van der Waals surface area contributed by atoms with E-state index in [4.69, 9.17) is 5.73 Å². The highest BCUT2D eigenvalue weighted by molar-refractivity contribution is 5.95. The summed E-state index contributed by atoms with van der Waals surface area (Å²) in [5, 5.41) is 0. The topological polar surface area (TPSA) is 55.6 Å². The number of rotatable bonds is 4. The van der Waals surface area contributed by atoms with Crippen LogP contribution < -0.4 is 10.5 Å². The summed E-state index contributed by atoms with van der Waals surface area (Å²) in [6, 6.07) is 5.88. The molecule has 1 saturated heterocycles. The molecule has 1 amide bonds. The van der Waals surface area contributed by atoms with Crippen LogP contribution in [0.5, 0.6) is 5.75 Å². The molecule has 2 N–H and O–H groups in total. The van der Waals surface area contributed by atoms with Gasteiger partial charge in [-0.2, -0.15) is 8.78 Å². The second-order valence-corrected chi connectivity index (χ2v) is 4.44. The zero-order valence-electron chi connectivity index (χ0n) is 10.8. The summed E-state index contributed by atoms with van der Waals surface area (Å²) in [4.78, 5) is 14.0. The zero-order chi connectivity index (χ0) is 13.8. The van der Waals surface area contributed by atoms with Crippen molar-refractivity contribution in [3.05, 3.63) is 29.8 Å². The Morgan fingerprint density at radius 1 is 1.50 bits per heavy atom. The number of amides is 1. The van der Waals surface area contributed by atoms with Crippen LogP contribution in [-0.4, -0.2) is 36.5 Å². The molecule has 0 bridgehead atoms. The standard InChI is InChI=1S/C13H16F2N2O2.ClH/c14-13(15)19-11-5-1-3-9(7-11)12(18)17-6-2-4-10(17)8-16;/h1,3,5,7,10,13H,2,4,6,8,16H2;1H. The number of ether oxygens (including phenoxy) is 1. The number of carbonyl (C=O) groups is 1. The largest absolute Gasteiger partial charge is 0.435 e. The van der Waals surface area contributed by atoms with E-state index in [9.17, 15) is 13.6 Å². The third-order valence-corrected chi connectivity index (χ3v) is 3.22. The predicted octanol–water partition coefficient (Wildman–Crippen LogP) is 2.27. The predicted molar refractivity (Wildman–Crippen MR) is 73.4 cm³/mol. The summed E-state index contributed by atoms with van der Waals surface area (Å²) in [6.07, 6.45) is 1.80. The fourth-order valence-electron chi connectivity index (χ4n) is 2.32. The zero-order valence-corrected chi connectivity index (χ0v) is 11.6. The number of carbonyl (C=O) groups excluding carboxylic acids is 1. The first-order chi connectivity index (χ1) is 9.11. The first-order valence-corrected chi connectivity index (χ1v) is 6.17. The van der Waals surface area contributed by atoms with Gasteiger partial charge < -0.3 is 15.4 Å². The van der Waals surface area contributed by atoms with E-state index in [1.807, 2.05) is 0 Å². The molecule has 0 saturated carbocycles. The van der Waals surface area contributed by atoms with Crippen LogP contribution in [0.25, 0.3) is 0 Å². The summed E-state index contributed by atoms with van der Waals surface area (Å²) in [5.41, 5.74) is 5.96. The SMILES string of the molecule is Cl.NCC1CCCN1C(=O)c1cccc(OC(F)F)c1. The lowest BCUT2D eigenvalue weighted by Gasteiger charge is -2.23. The van der Waals surface area contributed by atoms with E-state index in [0.717, 1.165) is 12.8 Å². The highest BCUT2D eigenvalue weighted by Crippen LogP contribution is 2.22. The van der Waals surface area contributed by atoms with Crippen LogP contribution in [0, 0.1) is 0 Å². The molecule has 1 aliphatic heterocycles. The third-order valence-electron chi connectivity index (χ3n) is 3.22. The summed E-state index contributed by atoms with van der Waals surface area (Å²) in [5.74, 6) is -0.197. The molecular formula is C13H17ClF2N2O2. The van der Waals surface area contributed by atoms with Gasteiger partial charge in [-0.3, -0.25) is 4.79 Å². The number of nitrogens with zero attached hydrogens (tertiary/aromatic N) is 1. The highest BCUT2D eigenvalue weighted by atomic mass is 35.5. The van der Waals surface area contributed by atoms with Gasteiger partial charge >= 0.3 is 6.61 Å². The molecule has 1 aromatic rings. The average Bonchev–Trinajstić information content (AvgIpc) is 2.85. The fourth-order valence-corrected chi connectivity index (χ4v) is 2.32. The van der Waals surface area contributed by atoms with Crippen LogP contribution in [0.2, 0.25) is 0 Å². The second-order valence-electron chi connectivity index (χ2n) is 4.44. The van der Waals surface area contributed by atoms with E-state index >= 15 is 0 Å². The highest BCUT2D eigenvalue weighted by Gasteiger charge is 2.28. The van der Waals surface area contributed by atoms with Crippen molar-refractivity contribution in [2.45, 2.75) is 25.5 Å². The molecule has 7 heteroatoms. The van der Waals surface area contributed by atoms with E-state index < -0.39 is 6.61 Å². The number of hydrogen-bond donors (Lipinski definition) is 1. The number of hydrogen-bond acceptors (Lipinski definition) is 3. The average molecular weight is 307 g/mol. The molecule has 0 radical (unpaired) electrons. The van der Waals surface area contributed by atoms with Crippen molar-refractivity contribution >= 4 is 18.3 Å². The Morgan fingerprint density at radius 2 is 2.25 bits per heavy atom. The van der Waals surface area contributed by atoms with Crippen LogP contribution >= 0.6 is 12.4 Å². The van der Waals surface area contributed by atoms with Crippen molar-refractivity contribution in [3.63, 3.8) is 0 Å². The summed E-state index contributed by atoms with van der Waals surface area (Å²) >= 11 is 0. The molecular weight excluding hydrogens is 290 g/mol. The summed E-state index contributed by atoms with van der Waals surface area (Å²) < 4.78 is 28.6. The minimum absolute atomic E-state index is 0. The second kappa shape index (κ2) is 7.40. The maximum Gasteiger partial charge on any atom is 0.387 e. The minimum atomic E-state index is -2.89. The van der Waals surface area contributed by atoms with Gasteiger partial charge in [0.2, 0.25) is 0 Å². The van der Waals surface area contributed by atoms with Crippen molar-refractivity contribution in [2.24, 2.45) is 5.73 Å². The Bertz CT molecular complexity index is 460. The monoisotopic (exact) mass is 306 g/mol. The number of halogens is 3. The first kappa shape index (κ1) is 16.7. The van der Waals surface area contributed by atoms with Gasteiger partial charge in [0.1, 0.15) is 5.75 Å². The maximum atomic E-state index is 12.3. The number of likely N-dealkylation sites (tertiary alicyclic amines) is 1. The van der Waals surface area contributed by atoms with Crippen molar-refractivity contribution in [1.82, 2.24) is 4.90 Å². The molecule has 0 spiro atoms. The van der Waals surface area contributed by atoms with Gasteiger partial charge in [0, 0.05) is 24.7 Å². The minimum Gasteiger partial charge on any atom is -0.435 e. The van der Waals surface area contributed by atoms with Crippen LogP contribution in [0.15, 0.2) is 24.3 Å². The van der Waals surface area contributed by atoms with Gasteiger partial charge in [-0.1, -0.05) is 6.07 Å². The third kappa shape index (κ3) is 3.80. The Balaban J connectivity index is 0.00000200. The lowest BCUT2D eigenvalue weighted by molar-refractivity contribution is -0.0499. The van der Waals surface area contributed by atoms with Crippen molar-refractivity contribution in [3.8, 4) is 5.75 Å². The van der Waals surface area contributed by atoms with Crippen LogP contribution in [0.4, 0.5) is 8.78 Å². The molecule has 1 atom stereocenters. The van der Waals surface area contributed by atoms with Crippen molar-refractivity contribution in [1.29, 1.82) is 0 Å². The molecule has 1 heterocycles. The number of alkyl halides is 2. The van der Waals surface area contributed by atoms with Crippen LogP contribution in [-0.2, 0) is 0 Å². The first-order valence-electron chi connectivity index (χ1n) is 6.17. The van der Waals surface area contributed by atoms with E-state index in [0.29, 0.717) is 18.7 Å². The van der Waals surface area contributed by atoms with E-state index in [-0.39, 0.29) is 30.1 Å². The van der Waals surface area contributed by atoms with E-state index in [1.165, 1.54) is 18.2 Å². The molecule has 20 heavy (non-hydrogen) atoms. The summed E-state index contributed by atoms with van der Waals surface area (Å²) in [7, 11) is 0. The Kier molecular flexibility index (Phi) is 6.16. The van der Waals surface area contributed by atoms with Crippen molar-refractivity contribution < 1.29 is 18.3 Å². The van der Waals surface area contributed by atoms with Gasteiger partial charge in [-0.15, -0.1) is 12.4 Å². The summed E-state index contributed by atoms with van der Waals surface area (Å²) in [6.45, 7) is -1.83. The molecule has 1 unspecified atom stereocenters. The van der Waals surface area contributed by atoms with E-state index in [2.05, 4.69) is 4.74 Å². The van der Waals surface area contributed by atoms with Gasteiger partial charge in [0.05, 0.1) is 0 Å². The molecule has 112 valence electrons. The molecule has 0 aliphatic carbocycles. The number of benzene rings is 1. The smallest absolute Gasteiger partial charge is 0.387 e. The fraction of sp³-hybridized carbons (Fsp3) is 0.462. The van der Waals surface area contributed by atoms with Crippen LogP contribution in [0.3, 0.4) is 0 Å².